The number of carbonyl (C=O) groups excluding carboxylic acids is 2. The smallest absolute Gasteiger partial charge is 0.248 e. The van der Waals surface area contributed by atoms with Gasteiger partial charge in [0, 0.05) is 10.9 Å². The third kappa shape index (κ3) is 5.66. The van der Waals surface area contributed by atoms with Gasteiger partial charge in [-0.3, -0.25) is 14.5 Å². The van der Waals surface area contributed by atoms with Crippen LogP contribution in [-0.4, -0.2) is 17.9 Å². The molecule has 4 nitrogen and oxygen atoms in total. The van der Waals surface area contributed by atoms with Crippen molar-refractivity contribution in [3.05, 3.63) is 87.1 Å². The van der Waals surface area contributed by atoms with Crippen molar-refractivity contribution in [2.75, 3.05) is 4.90 Å². The van der Waals surface area contributed by atoms with E-state index in [1.165, 1.54) is 17.8 Å². The largest absolute Gasteiger partial charge is 0.351 e. The molecule has 6 heteroatoms. The molecule has 1 atom stereocenters. The maximum atomic E-state index is 13.9. The molecule has 1 heterocycles. The van der Waals surface area contributed by atoms with E-state index in [2.05, 4.69) is 5.32 Å². The van der Waals surface area contributed by atoms with Crippen molar-refractivity contribution >= 4 is 40.4 Å². The number of nitrogens with one attached hydrogen (secondary N) is 1. The quantitative estimate of drug-likeness (QED) is 0.421. The Bertz CT molecular complexity index is 1090. The van der Waals surface area contributed by atoms with E-state index >= 15 is 0 Å². The summed E-state index contributed by atoms with van der Waals surface area (Å²) in [6, 6.07) is 18.2. The van der Waals surface area contributed by atoms with Gasteiger partial charge >= 0.3 is 0 Å². The van der Waals surface area contributed by atoms with Gasteiger partial charge in [0.15, 0.2) is 0 Å². The Hall–Kier alpha value is -2.63. The predicted molar refractivity (Wildman–Crippen MR) is 136 cm³/mol. The highest BCUT2D eigenvalue weighted by Crippen LogP contribution is 2.35. The number of rotatable bonds is 7. The van der Waals surface area contributed by atoms with Crippen LogP contribution in [0.5, 0.6) is 0 Å². The monoisotopic (exact) mass is 480 g/mol. The van der Waals surface area contributed by atoms with Crippen LogP contribution in [-0.2, 0) is 16.0 Å². The summed E-state index contributed by atoms with van der Waals surface area (Å²) in [6.07, 6.45) is 5.60. The minimum Gasteiger partial charge on any atom is -0.351 e. The summed E-state index contributed by atoms with van der Waals surface area (Å²) in [7, 11) is 0. The van der Waals surface area contributed by atoms with Crippen LogP contribution in [0.2, 0.25) is 5.02 Å². The van der Waals surface area contributed by atoms with Crippen LogP contribution in [0, 0.1) is 6.92 Å². The average Bonchev–Trinajstić information content (AvgIpc) is 3.32. The second-order valence-electron chi connectivity index (χ2n) is 8.57. The molecule has 33 heavy (non-hydrogen) atoms. The SMILES string of the molecule is Cc1ccccc1C(C(=O)NC1CCCCC1)N(C(=O)Cc1cccs1)c1ccccc1Cl. The summed E-state index contributed by atoms with van der Waals surface area (Å²) < 4.78 is 0. The molecular formula is C27H29ClN2O2S. The van der Waals surface area contributed by atoms with E-state index in [-0.39, 0.29) is 24.3 Å². The van der Waals surface area contributed by atoms with Gasteiger partial charge < -0.3 is 5.32 Å². The molecule has 2 aromatic carbocycles. The first kappa shape index (κ1) is 23.5. The Morgan fingerprint density at radius 3 is 2.45 bits per heavy atom. The molecule has 1 fully saturated rings. The molecule has 0 saturated heterocycles. The highest BCUT2D eigenvalue weighted by molar-refractivity contribution is 7.10. The summed E-state index contributed by atoms with van der Waals surface area (Å²) in [5.74, 6) is -0.312. The van der Waals surface area contributed by atoms with Crippen molar-refractivity contribution in [1.82, 2.24) is 5.32 Å². The second kappa shape index (κ2) is 11.0. The number of benzene rings is 2. The van der Waals surface area contributed by atoms with Gasteiger partial charge in [-0.25, -0.2) is 0 Å². The van der Waals surface area contributed by atoms with Gasteiger partial charge in [0.2, 0.25) is 11.8 Å². The van der Waals surface area contributed by atoms with Gasteiger partial charge in [-0.2, -0.15) is 0 Å². The van der Waals surface area contributed by atoms with Crippen LogP contribution in [0.15, 0.2) is 66.0 Å². The average molecular weight is 481 g/mol. The topological polar surface area (TPSA) is 49.4 Å². The maximum absolute atomic E-state index is 13.9. The molecule has 1 saturated carbocycles. The number of halogens is 1. The van der Waals surface area contributed by atoms with Crippen molar-refractivity contribution in [3.63, 3.8) is 0 Å². The zero-order chi connectivity index (χ0) is 23.2. The van der Waals surface area contributed by atoms with E-state index in [9.17, 15) is 9.59 Å². The molecule has 0 spiro atoms. The highest BCUT2D eigenvalue weighted by Gasteiger charge is 2.35. The van der Waals surface area contributed by atoms with Gasteiger partial charge in [-0.1, -0.05) is 73.3 Å². The van der Waals surface area contributed by atoms with Crippen LogP contribution in [0.1, 0.15) is 54.1 Å². The zero-order valence-corrected chi connectivity index (χ0v) is 20.4. The second-order valence-corrected chi connectivity index (χ2v) is 10.0. The number of anilines is 1. The first-order valence-electron chi connectivity index (χ1n) is 11.5. The van der Waals surface area contributed by atoms with Crippen LogP contribution in [0.4, 0.5) is 5.69 Å². The maximum Gasteiger partial charge on any atom is 0.248 e. The van der Waals surface area contributed by atoms with Gasteiger partial charge in [-0.05, 0) is 54.5 Å². The Morgan fingerprint density at radius 2 is 1.76 bits per heavy atom. The molecule has 3 aromatic rings. The summed E-state index contributed by atoms with van der Waals surface area (Å²) in [5.41, 5.74) is 2.32. The Balaban J connectivity index is 1.78. The number of hydrogen-bond donors (Lipinski definition) is 1. The third-order valence-electron chi connectivity index (χ3n) is 6.23. The predicted octanol–water partition coefficient (Wildman–Crippen LogP) is 6.48. The first-order chi connectivity index (χ1) is 16.0. The van der Waals surface area contributed by atoms with Crippen molar-refractivity contribution in [2.45, 2.75) is 57.5 Å². The van der Waals surface area contributed by atoms with Crippen molar-refractivity contribution in [2.24, 2.45) is 0 Å². The lowest BCUT2D eigenvalue weighted by Crippen LogP contribution is -2.48. The van der Waals surface area contributed by atoms with Gasteiger partial charge in [0.05, 0.1) is 17.1 Å². The van der Waals surface area contributed by atoms with Gasteiger partial charge in [0.1, 0.15) is 6.04 Å². The van der Waals surface area contributed by atoms with Gasteiger partial charge in [0.25, 0.3) is 0 Å². The fourth-order valence-corrected chi connectivity index (χ4v) is 5.45. The van der Waals surface area contributed by atoms with Crippen molar-refractivity contribution in [1.29, 1.82) is 0 Å². The minimum absolute atomic E-state index is 0.137. The number of thiophene rings is 1. The molecule has 1 aromatic heterocycles. The van der Waals surface area contributed by atoms with Crippen LogP contribution >= 0.6 is 22.9 Å². The number of nitrogens with zero attached hydrogens (tertiary/aromatic N) is 1. The lowest BCUT2D eigenvalue weighted by Gasteiger charge is -2.34. The minimum atomic E-state index is -0.805. The zero-order valence-electron chi connectivity index (χ0n) is 18.8. The van der Waals surface area contributed by atoms with Crippen LogP contribution < -0.4 is 10.2 Å². The summed E-state index contributed by atoms with van der Waals surface area (Å²) >= 11 is 8.12. The van der Waals surface area contributed by atoms with Crippen molar-refractivity contribution in [3.8, 4) is 0 Å². The molecule has 2 amide bonds. The van der Waals surface area contributed by atoms with E-state index < -0.39 is 6.04 Å². The Kier molecular flexibility index (Phi) is 7.84. The van der Waals surface area contributed by atoms with Crippen LogP contribution in [0.3, 0.4) is 0 Å². The summed E-state index contributed by atoms with van der Waals surface area (Å²) in [6.45, 7) is 1.98. The van der Waals surface area contributed by atoms with E-state index in [1.807, 2.05) is 66.9 Å². The number of aryl methyl sites for hydroxylation is 1. The highest BCUT2D eigenvalue weighted by atomic mass is 35.5. The van der Waals surface area contributed by atoms with Crippen molar-refractivity contribution < 1.29 is 9.59 Å². The third-order valence-corrected chi connectivity index (χ3v) is 7.42. The van der Waals surface area contributed by atoms with E-state index in [0.717, 1.165) is 41.7 Å². The number of amides is 2. The molecule has 0 radical (unpaired) electrons. The first-order valence-corrected chi connectivity index (χ1v) is 12.7. The fraction of sp³-hybridized carbons (Fsp3) is 0.333. The molecule has 0 bridgehead atoms. The molecule has 1 aliphatic rings. The molecular weight excluding hydrogens is 452 g/mol. The Labute approximate surface area is 204 Å². The summed E-state index contributed by atoms with van der Waals surface area (Å²) in [4.78, 5) is 30.2. The molecule has 172 valence electrons. The summed E-state index contributed by atoms with van der Waals surface area (Å²) in [5, 5.41) is 5.66. The number of carbonyl (C=O) groups is 2. The molecule has 0 aliphatic heterocycles. The standard InChI is InChI=1S/C27H29ClN2O2S/c1-19-10-5-6-14-22(19)26(27(32)29-20-11-3-2-4-12-20)30(24-16-8-7-15-23(24)28)25(31)18-21-13-9-17-33-21/h5-10,13-17,20,26H,2-4,11-12,18H2,1H3,(H,29,32). The molecule has 1 N–H and O–H groups in total. The number of hydrogen-bond acceptors (Lipinski definition) is 3. The van der Waals surface area contributed by atoms with Gasteiger partial charge in [-0.15, -0.1) is 11.3 Å². The number of para-hydroxylation sites is 1. The van der Waals surface area contributed by atoms with E-state index in [4.69, 9.17) is 11.6 Å². The normalized spacial score (nSPS) is 15.1. The van der Waals surface area contributed by atoms with E-state index in [1.54, 1.807) is 11.0 Å². The lowest BCUT2D eigenvalue weighted by molar-refractivity contribution is -0.127. The lowest BCUT2D eigenvalue weighted by atomic mass is 9.93. The molecule has 1 unspecified atom stereocenters. The van der Waals surface area contributed by atoms with E-state index in [0.29, 0.717) is 10.7 Å². The molecule has 1 aliphatic carbocycles. The molecule has 4 rings (SSSR count). The Morgan fingerprint density at radius 1 is 1.03 bits per heavy atom. The van der Waals surface area contributed by atoms with Crippen LogP contribution in [0.25, 0.3) is 0 Å². The fourth-order valence-electron chi connectivity index (χ4n) is 4.53.